The van der Waals surface area contributed by atoms with Gasteiger partial charge in [-0.1, -0.05) is 42.8 Å². The van der Waals surface area contributed by atoms with Crippen molar-refractivity contribution in [2.75, 3.05) is 0 Å². The van der Waals surface area contributed by atoms with Gasteiger partial charge in [-0.3, -0.25) is 0 Å². The molecule has 2 nitrogen and oxygen atoms in total. The first kappa shape index (κ1) is 12.9. The highest BCUT2D eigenvalue weighted by Gasteiger charge is 2.11. The minimum Gasteiger partial charge on any atom is -0.354 e. The predicted octanol–water partition coefficient (Wildman–Crippen LogP) is 4.16. The molecule has 1 aromatic heterocycles. The van der Waals surface area contributed by atoms with Crippen molar-refractivity contribution >= 4 is 10.9 Å². The second-order valence-corrected chi connectivity index (χ2v) is 5.28. The smallest absolute Gasteiger partial charge is 0.0510 e. The molecule has 0 radical (unpaired) electrons. The van der Waals surface area contributed by atoms with E-state index in [0.29, 0.717) is 6.54 Å². The van der Waals surface area contributed by atoms with Crippen LogP contribution in [0.1, 0.15) is 23.6 Å². The molecular formula is C18H20N2. The van der Waals surface area contributed by atoms with Gasteiger partial charge in [0.05, 0.1) is 5.69 Å². The van der Waals surface area contributed by atoms with Gasteiger partial charge in [0.25, 0.3) is 0 Å². The fourth-order valence-electron chi connectivity index (χ4n) is 2.73. The van der Waals surface area contributed by atoms with Gasteiger partial charge in [-0.05, 0) is 42.2 Å². The van der Waals surface area contributed by atoms with Crippen LogP contribution < -0.4 is 5.73 Å². The minimum atomic E-state index is 0.550. The van der Waals surface area contributed by atoms with Crippen molar-refractivity contribution in [3.63, 3.8) is 0 Å². The number of nitrogens with two attached hydrogens (primary N) is 1. The SMILES string of the molecule is CCc1ccc(-c2[nH]c3ccc(C)cc3c2CN)cc1. The van der Waals surface area contributed by atoms with Gasteiger partial charge in [0.1, 0.15) is 0 Å². The van der Waals surface area contributed by atoms with Gasteiger partial charge in [-0.15, -0.1) is 0 Å². The van der Waals surface area contributed by atoms with Crippen molar-refractivity contribution in [3.05, 3.63) is 59.2 Å². The van der Waals surface area contributed by atoms with Crippen molar-refractivity contribution in [2.24, 2.45) is 5.73 Å². The first-order valence-electron chi connectivity index (χ1n) is 7.13. The van der Waals surface area contributed by atoms with Crippen molar-refractivity contribution in [1.29, 1.82) is 0 Å². The topological polar surface area (TPSA) is 41.8 Å². The Morgan fingerprint density at radius 1 is 1.05 bits per heavy atom. The summed E-state index contributed by atoms with van der Waals surface area (Å²) in [5, 5.41) is 1.24. The number of aryl methyl sites for hydroxylation is 2. The summed E-state index contributed by atoms with van der Waals surface area (Å²) >= 11 is 0. The Kier molecular flexibility index (Phi) is 3.33. The zero-order chi connectivity index (χ0) is 14.1. The van der Waals surface area contributed by atoms with E-state index in [1.54, 1.807) is 0 Å². The van der Waals surface area contributed by atoms with Crippen LogP contribution >= 0.6 is 0 Å². The van der Waals surface area contributed by atoms with Crippen LogP contribution in [0.5, 0.6) is 0 Å². The lowest BCUT2D eigenvalue weighted by atomic mass is 10.0. The lowest BCUT2D eigenvalue weighted by molar-refractivity contribution is 1.08. The number of aromatic nitrogens is 1. The summed E-state index contributed by atoms with van der Waals surface area (Å²) < 4.78 is 0. The number of benzene rings is 2. The lowest BCUT2D eigenvalue weighted by Crippen LogP contribution is -1.97. The van der Waals surface area contributed by atoms with E-state index in [9.17, 15) is 0 Å². The molecule has 3 rings (SSSR count). The number of hydrogen-bond donors (Lipinski definition) is 2. The van der Waals surface area contributed by atoms with Gasteiger partial charge in [0.15, 0.2) is 0 Å². The molecule has 0 bridgehead atoms. The maximum Gasteiger partial charge on any atom is 0.0510 e. The van der Waals surface area contributed by atoms with E-state index in [2.05, 4.69) is 61.3 Å². The molecule has 3 aromatic rings. The molecule has 102 valence electrons. The third-order valence-electron chi connectivity index (χ3n) is 3.92. The van der Waals surface area contributed by atoms with E-state index in [1.807, 2.05) is 0 Å². The van der Waals surface area contributed by atoms with E-state index in [4.69, 9.17) is 5.73 Å². The first-order valence-corrected chi connectivity index (χ1v) is 7.13. The first-order chi connectivity index (χ1) is 9.72. The summed E-state index contributed by atoms with van der Waals surface area (Å²) in [5.74, 6) is 0. The maximum absolute atomic E-state index is 5.98. The highest BCUT2D eigenvalue weighted by atomic mass is 14.7. The van der Waals surface area contributed by atoms with Gasteiger partial charge in [0, 0.05) is 17.4 Å². The Morgan fingerprint density at radius 3 is 2.45 bits per heavy atom. The fraction of sp³-hybridized carbons (Fsp3) is 0.222. The predicted molar refractivity (Wildman–Crippen MR) is 85.7 cm³/mol. The number of H-pyrrole nitrogens is 1. The van der Waals surface area contributed by atoms with Crippen LogP contribution in [0.15, 0.2) is 42.5 Å². The van der Waals surface area contributed by atoms with Crippen LogP contribution in [0.3, 0.4) is 0 Å². The number of rotatable bonds is 3. The van der Waals surface area contributed by atoms with E-state index in [0.717, 1.165) is 17.6 Å². The van der Waals surface area contributed by atoms with Crippen molar-refractivity contribution in [2.45, 2.75) is 26.8 Å². The Morgan fingerprint density at radius 2 is 1.80 bits per heavy atom. The lowest BCUT2D eigenvalue weighted by Gasteiger charge is -2.04. The minimum absolute atomic E-state index is 0.550. The highest BCUT2D eigenvalue weighted by molar-refractivity contribution is 5.91. The summed E-state index contributed by atoms with van der Waals surface area (Å²) in [6.07, 6.45) is 1.07. The van der Waals surface area contributed by atoms with Crippen molar-refractivity contribution < 1.29 is 0 Å². The van der Waals surface area contributed by atoms with Gasteiger partial charge in [0.2, 0.25) is 0 Å². The number of fused-ring (bicyclic) bond motifs is 1. The highest BCUT2D eigenvalue weighted by Crippen LogP contribution is 2.30. The van der Waals surface area contributed by atoms with E-state index in [1.165, 1.54) is 27.6 Å². The Balaban J connectivity index is 2.19. The zero-order valence-corrected chi connectivity index (χ0v) is 12.0. The zero-order valence-electron chi connectivity index (χ0n) is 12.0. The molecule has 0 fully saturated rings. The van der Waals surface area contributed by atoms with E-state index >= 15 is 0 Å². The van der Waals surface area contributed by atoms with E-state index < -0.39 is 0 Å². The summed E-state index contributed by atoms with van der Waals surface area (Å²) in [7, 11) is 0. The molecule has 2 aromatic carbocycles. The van der Waals surface area contributed by atoms with Crippen molar-refractivity contribution in [1.82, 2.24) is 4.98 Å². The summed E-state index contributed by atoms with van der Waals surface area (Å²) in [6, 6.07) is 15.2. The van der Waals surface area contributed by atoms with Crippen LogP contribution in [0, 0.1) is 6.92 Å². The molecule has 2 heteroatoms. The second kappa shape index (κ2) is 5.14. The number of aromatic amines is 1. The largest absolute Gasteiger partial charge is 0.354 e. The number of nitrogens with one attached hydrogen (secondary N) is 1. The maximum atomic E-state index is 5.98. The molecule has 20 heavy (non-hydrogen) atoms. The van der Waals surface area contributed by atoms with Crippen LogP contribution in [0.4, 0.5) is 0 Å². The molecule has 0 unspecified atom stereocenters. The van der Waals surface area contributed by atoms with Crippen LogP contribution in [-0.4, -0.2) is 4.98 Å². The van der Waals surface area contributed by atoms with Crippen LogP contribution in [0.2, 0.25) is 0 Å². The molecule has 3 N–H and O–H groups in total. The van der Waals surface area contributed by atoms with Crippen LogP contribution in [-0.2, 0) is 13.0 Å². The summed E-state index contributed by atoms with van der Waals surface area (Å²) in [4.78, 5) is 3.52. The fourth-order valence-corrected chi connectivity index (χ4v) is 2.73. The van der Waals surface area contributed by atoms with Crippen molar-refractivity contribution in [3.8, 4) is 11.3 Å². The monoisotopic (exact) mass is 264 g/mol. The molecule has 0 aliphatic rings. The van der Waals surface area contributed by atoms with Gasteiger partial charge in [-0.25, -0.2) is 0 Å². The van der Waals surface area contributed by atoms with Gasteiger partial charge < -0.3 is 10.7 Å². The molecule has 0 amide bonds. The Hall–Kier alpha value is -2.06. The second-order valence-electron chi connectivity index (χ2n) is 5.28. The summed E-state index contributed by atoms with van der Waals surface area (Å²) in [5.41, 5.74) is 13.3. The quantitative estimate of drug-likeness (QED) is 0.732. The molecule has 0 aliphatic heterocycles. The Bertz CT molecular complexity index is 736. The molecule has 0 saturated carbocycles. The third-order valence-corrected chi connectivity index (χ3v) is 3.92. The van der Waals surface area contributed by atoms with Gasteiger partial charge in [-0.2, -0.15) is 0 Å². The summed E-state index contributed by atoms with van der Waals surface area (Å²) in [6.45, 7) is 4.84. The standard InChI is InChI=1S/C18H20N2/c1-3-13-5-7-14(8-6-13)18-16(11-19)15-10-12(2)4-9-17(15)20-18/h4-10,20H,3,11,19H2,1-2H3. The average molecular weight is 264 g/mol. The molecule has 0 aliphatic carbocycles. The molecular weight excluding hydrogens is 244 g/mol. The van der Waals surface area contributed by atoms with Gasteiger partial charge >= 0.3 is 0 Å². The average Bonchev–Trinajstić information content (AvgIpc) is 2.85. The molecule has 0 saturated heterocycles. The molecule has 0 spiro atoms. The number of hydrogen-bond acceptors (Lipinski definition) is 1. The third kappa shape index (κ3) is 2.12. The molecule has 1 heterocycles. The molecule has 0 atom stereocenters. The Labute approximate surface area is 119 Å². The van der Waals surface area contributed by atoms with Crippen LogP contribution in [0.25, 0.3) is 22.2 Å². The normalized spacial score (nSPS) is 11.2. The van der Waals surface area contributed by atoms with E-state index in [-0.39, 0.29) is 0 Å².